The highest BCUT2D eigenvalue weighted by Gasteiger charge is 2.17. The molecule has 0 aliphatic carbocycles. The van der Waals surface area contributed by atoms with E-state index in [4.69, 9.17) is 21.6 Å². The summed E-state index contributed by atoms with van der Waals surface area (Å²) < 4.78 is 0. The highest BCUT2D eigenvalue weighted by atomic mass is 35.5. The van der Waals surface area contributed by atoms with Gasteiger partial charge in [0.05, 0.1) is 33.6 Å². The lowest BCUT2D eigenvalue weighted by molar-refractivity contribution is -0.118. The molecule has 30 heavy (non-hydrogen) atoms. The second kappa shape index (κ2) is 9.69. The number of carbonyl (C=O) groups is 1. The van der Waals surface area contributed by atoms with Crippen molar-refractivity contribution in [2.75, 3.05) is 5.75 Å². The number of carbonyl (C=O) groups excluding carboxylic acids is 1. The molecule has 0 fully saturated rings. The molecule has 1 aliphatic rings. The molecule has 0 saturated heterocycles. The quantitative estimate of drug-likeness (QED) is 0.589. The van der Waals surface area contributed by atoms with Gasteiger partial charge in [-0.1, -0.05) is 48.0 Å². The number of thioether (sulfide) groups is 1. The first-order valence-electron chi connectivity index (χ1n) is 9.47. The number of nitrogens with zero attached hydrogens (tertiary/aromatic N) is 3. The first-order chi connectivity index (χ1) is 14.7. The zero-order valence-corrected chi connectivity index (χ0v) is 17.7. The van der Waals surface area contributed by atoms with E-state index in [0.717, 1.165) is 33.4 Å². The molecule has 2 heterocycles. The molecule has 1 aromatic heterocycles. The molecular weight excluding hydrogens is 416 g/mol. The average Bonchev–Trinajstić information content (AvgIpc) is 2.97. The monoisotopic (exact) mass is 434 g/mol. The number of aromatic nitrogens is 1. The van der Waals surface area contributed by atoms with E-state index in [2.05, 4.69) is 10.3 Å². The summed E-state index contributed by atoms with van der Waals surface area (Å²) in [7, 11) is 0. The van der Waals surface area contributed by atoms with Crippen molar-refractivity contribution in [1.82, 2.24) is 10.3 Å². The predicted molar refractivity (Wildman–Crippen MR) is 124 cm³/mol. The standard InChI is InChI=1S/C23H19ClN4OS/c24-17-8-2-1-7-16(17)14-26-22(29)15-30-23-13-21(18-9-5-6-12-25-18)27-19-10-3-4-11-20(19)28-23/h1-12H,13-15H2,(H,26,29). The van der Waals surface area contributed by atoms with Crippen molar-refractivity contribution in [3.05, 3.63) is 89.2 Å². The van der Waals surface area contributed by atoms with Gasteiger partial charge in [-0.3, -0.25) is 9.78 Å². The molecule has 1 aliphatic heterocycles. The van der Waals surface area contributed by atoms with Gasteiger partial charge in [-0.2, -0.15) is 0 Å². The molecule has 2 aromatic carbocycles. The zero-order valence-electron chi connectivity index (χ0n) is 16.1. The van der Waals surface area contributed by atoms with Crippen LogP contribution >= 0.6 is 23.4 Å². The second-order valence-electron chi connectivity index (χ2n) is 6.60. The van der Waals surface area contributed by atoms with E-state index in [0.29, 0.717) is 18.0 Å². The summed E-state index contributed by atoms with van der Waals surface area (Å²) in [5.74, 6) is 0.192. The molecule has 0 atom stereocenters. The molecular formula is C23H19ClN4OS. The fourth-order valence-electron chi connectivity index (χ4n) is 2.96. The molecule has 1 amide bonds. The van der Waals surface area contributed by atoms with Crippen LogP contribution in [0.15, 0.2) is 82.9 Å². The number of benzene rings is 2. The first kappa shape index (κ1) is 20.3. The number of halogens is 1. The summed E-state index contributed by atoms with van der Waals surface area (Å²) in [4.78, 5) is 26.4. The maximum Gasteiger partial charge on any atom is 0.230 e. The number of aliphatic imine (C=N–C) groups is 2. The largest absolute Gasteiger partial charge is 0.351 e. The van der Waals surface area contributed by atoms with Crippen LogP contribution in [-0.4, -0.2) is 27.4 Å². The molecule has 0 saturated carbocycles. The molecule has 0 unspecified atom stereocenters. The predicted octanol–water partition coefficient (Wildman–Crippen LogP) is 5.34. The molecule has 5 nitrogen and oxygen atoms in total. The fraction of sp³-hybridized carbons (Fsp3) is 0.130. The van der Waals surface area contributed by atoms with Crippen LogP contribution in [0.2, 0.25) is 5.02 Å². The van der Waals surface area contributed by atoms with Gasteiger partial charge in [0.1, 0.15) is 0 Å². The number of hydrogen-bond acceptors (Lipinski definition) is 5. The maximum absolute atomic E-state index is 12.4. The van der Waals surface area contributed by atoms with Crippen molar-refractivity contribution in [2.24, 2.45) is 9.98 Å². The molecule has 7 heteroatoms. The summed E-state index contributed by atoms with van der Waals surface area (Å²) in [6.45, 7) is 0.398. The van der Waals surface area contributed by atoms with Crippen molar-refractivity contribution >= 4 is 51.4 Å². The van der Waals surface area contributed by atoms with Crippen LogP contribution < -0.4 is 5.32 Å². The summed E-state index contributed by atoms with van der Waals surface area (Å²) in [5.41, 5.74) is 4.14. The van der Waals surface area contributed by atoms with Crippen molar-refractivity contribution in [3.63, 3.8) is 0 Å². The van der Waals surface area contributed by atoms with E-state index < -0.39 is 0 Å². The molecule has 1 N–H and O–H groups in total. The smallest absolute Gasteiger partial charge is 0.230 e. The SMILES string of the molecule is O=C(CSC1=Nc2ccccc2N=C(c2ccccn2)C1)NCc1ccccc1Cl. The average molecular weight is 435 g/mol. The molecule has 0 radical (unpaired) electrons. The van der Waals surface area contributed by atoms with Gasteiger partial charge in [0, 0.05) is 24.2 Å². The normalized spacial score (nSPS) is 13.0. The summed E-state index contributed by atoms with van der Waals surface area (Å²) in [6.07, 6.45) is 2.27. The number of fused-ring (bicyclic) bond motifs is 1. The van der Waals surface area contributed by atoms with Gasteiger partial charge in [-0.15, -0.1) is 11.8 Å². The van der Waals surface area contributed by atoms with Crippen LogP contribution in [0, 0.1) is 0 Å². The van der Waals surface area contributed by atoms with E-state index >= 15 is 0 Å². The number of amides is 1. The van der Waals surface area contributed by atoms with Crippen molar-refractivity contribution in [3.8, 4) is 0 Å². The fourth-order valence-corrected chi connectivity index (χ4v) is 3.96. The Morgan fingerprint density at radius 3 is 2.47 bits per heavy atom. The van der Waals surface area contributed by atoms with Gasteiger partial charge in [0.25, 0.3) is 0 Å². The zero-order chi connectivity index (χ0) is 20.8. The summed E-state index contributed by atoms with van der Waals surface area (Å²) in [5, 5.41) is 4.39. The highest BCUT2D eigenvalue weighted by molar-refractivity contribution is 8.14. The minimum atomic E-state index is -0.0727. The van der Waals surface area contributed by atoms with Gasteiger partial charge in [-0.25, -0.2) is 9.98 Å². The van der Waals surface area contributed by atoms with E-state index in [1.807, 2.05) is 66.7 Å². The lowest BCUT2D eigenvalue weighted by atomic mass is 10.2. The first-order valence-corrected chi connectivity index (χ1v) is 10.8. The third-order valence-electron chi connectivity index (χ3n) is 4.47. The van der Waals surface area contributed by atoms with Gasteiger partial charge >= 0.3 is 0 Å². The molecule has 3 aromatic rings. The third kappa shape index (κ3) is 5.14. The van der Waals surface area contributed by atoms with Crippen molar-refractivity contribution in [2.45, 2.75) is 13.0 Å². The Morgan fingerprint density at radius 1 is 0.967 bits per heavy atom. The Balaban J connectivity index is 1.46. The number of nitrogens with one attached hydrogen (secondary N) is 1. The van der Waals surface area contributed by atoms with Crippen LogP contribution in [0.5, 0.6) is 0 Å². The highest BCUT2D eigenvalue weighted by Crippen LogP contribution is 2.33. The minimum Gasteiger partial charge on any atom is -0.351 e. The third-order valence-corrected chi connectivity index (χ3v) is 5.81. The Hall–Kier alpha value is -2.96. The van der Waals surface area contributed by atoms with Gasteiger partial charge in [0.15, 0.2) is 0 Å². The molecule has 0 bridgehead atoms. The molecule has 150 valence electrons. The summed E-state index contributed by atoms with van der Waals surface area (Å²) in [6, 6.07) is 21.0. The lowest BCUT2D eigenvalue weighted by Gasteiger charge is -2.08. The number of pyridine rings is 1. The van der Waals surface area contributed by atoms with Gasteiger partial charge in [0.2, 0.25) is 5.91 Å². The lowest BCUT2D eigenvalue weighted by Crippen LogP contribution is -2.25. The van der Waals surface area contributed by atoms with Crippen LogP contribution in [-0.2, 0) is 11.3 Å². The maximum atomic E-state index is 12.4. The Kier molecular flexibility index (Phi) is 6.57. The number of rotatable bonds is 5. The number of hydrogen-bond donors (Lipinski definition) is 1. The van der Waals surface area contributed by atoms with Crippen molar-refractivity contribution < 1.29 is 4.79 Å². The van der Waals surface area contributed by atoms with Crippen LogP contribution in [0.3, 0.4) is 0 Å². The Morgan fingerprint density at radius 2 is 1.70 bits per heavy atom. The summed E-state index contributed by atoms with van der Waals surface area (Å²) >= 11 is 7.57. The van der Waals surface area contributed by atoms with Crippen molar-refractivity contribution in [1.29, 1.82) is 0 Å². The van der Waals surface area contributed by atoms with Crippen LogP contribution in [0.4, 0.5) is 11.4 Å². The minimum absolute atomic E-state index is 0.0727. The van der Waals surface area contributed by atoms with Crippen LogP contribution in [0.1, 0.15) is 17.7 Å². The van der Waals surface area contributed by atoms with E-state index in [-0.39, 0.29) is 11.7 Å². The second-order valence-corrected chi connectivity index (χ2v) is 8.06. The Bertz CT molecular complexity index is 1110. The molecule has 0 spiro atoms. The Labute approximate surface area is 184 Å². The van der Waals surface area contributed by atoms with E-state index in [1.54, 1.807) is 6.20 Å². The topological polar surface area (TPSA) is 66.7 Å². The number of para-hydroxylation sites is 2. The van der Waals surface area contributed by atoms with Crippen LogP contribution in [0.25, 0.3) is 0 Å². The van der Waals surface area contributed by atoms with Gasteiger partial charge in [-0.05, 0) is 35.9 Å². The van der Waals surface area contributed by atoms with E-state index in [9.17, 15) is 4.79 Å². The van der Waals surface area contributed by atoms with Gasteiger partial charge < -0.3 is 5.32 Å². The molecule has 4 rings (SSSR count). The van der Waals surface area contributed by atoms with E-state index in [1.165, 1.54) is 11.8 Å².